The maximum Gasteiger partial charge on any atom is 0.0257 e. The summed E-state index contributed by atoms with van der Waals surface area (Å²) in [5.74, 6) is 0.525. The van der Waals surface area contributed by atoms with Crippen LogP contribution in [0.3, 0.4) is 0 Å². The van der Waals surface area contributed by atoms with Crippen LogP contribution in [0.25, 0.3) is 12.2 Å². The number of hydrogen-bond acceptors (Lipinski definition) is 0. The summed E-state index contributed by atoms with van der Waals surface area (Å²) in [5.41, 5.74) is 8.31. The van der Waals surface area contributed by atoms with Crippen LogP contribution in [-0.2, 0) is 0 Å². The number of fused-ring (bicyclic) bond motifs is 2. The normalized spacial score (nSPS) is 16.6. The monoisotopic (exact) mass is 824 g/mol. The Labute approximate surface area is 322 Å². The first-order valence-electron chi connectivity index (χ1n) is 17.6. The number of halogens is 2. The predicted octanol–water partition coefficient (Wildman–Crippen LogP) is 11.5. The van der Waals surface area contributed by atoms with E-state index in [1.165, 1.54) is 74.2 Å². The Bertz CT molecular complexity index is 2040. The van der Waals surface area contributed by atoms with E-state index >= 15 is 0 Å². The second kappa shape index (κ2) is 14.2. The van der Waals surface area contributed by atoms with Gasteiger partial charge in [-0.15, -0.1) is 0 Å². The third kappa shape index (κ3) is 6.38. The summed E-state index contributed by atoms with van der Waals surface area (Å²) in [6, 6.07) is 54.1. The molecule has 0 nitrogen and oxygen atoms in total. The van der Waals surface area contributed by atoms with Gasteiger partial charge in [0.15, 0.2) is 0 Å². The molecule has 2 aliphatic carbocycles. The van der Waals surface area contributed by atoms with Crippen molar-refractivity contribution in [2.24, 2.45) is 5.41 Å². The molecule has 0 N–H and O–H groups in total. The van der Waals surface area contributed by atoms with Gasteiger partial charge in [0.1, 0.15) is 0 Å². The highest BCUT2D eigenvalue weighted by atomic mass is 79.9. The SMILES string of the molecule is CC1=Cc2c(Br)cc(P(c3ccccc3)c3ccccc3)cc2C1C(C)(C)C1C(C)=Cc2c(Br)cc(P(c3ccccc3)c3ccccc3)cc21. The maximum absolute atomic E-state index is 4.08. The number of allylic oxidation sites excluding steroid dienone is 2. The Balaban J connectivity index is 1.25. The van der Waals surface area contributed by atoms with Crippen molar-refractivity contribution in [2.45, 2.75) is 39.5 Å². The minimum Gasteiger partial charge on any atom is -0.0646 e. The van der Waals surface area contributed by atoms with Crippen LogP contribution in [0.2, 0.25) is 0 Å². The molecule has 6 aromatic rings. The van der Waals surface area contributed by atoms with Crippen molar-refractivity contribution in [1.29, 1.82) is 0 Å². The van der Waals surface area contributed by atoms with E-state index < -0.39 is 15.8 Å². The summed E-state index contributed by atoms with van der Waals surface area (Å²) in [6.45, 7) is 9.72. The number of hydrogen-bond donors (Lipinski definition) is 0. The zero-order valence-electron chi connectivity index (χ0n) is 29.3. The van der Waals surface area contributed by atoms with E-state index in [9.17, 15) is 0 Å². The van der Waals surface area contributed by atoms with Gasteiger partial charge in [0.25, 0.3) is 0 Å². The highest BCUT2D eigenvalue weighted by Gasteiger charge is 2.46. The standard InChI is InChI=1S/C47H40Br2P2/c1-31-25-39-41(27-37(29-43(39)48)50(33-17-9-5-10-18-33)34-19-11-6-12-20-34)45(31)47(3,4)46-32(2)26-40-42(46)28-38(30-44(40)49)51(35-21-13-7-14-22-35)36-23-15-8-16-24-36/h5-30,45-46H,1-4H3. The molecule has 0 fully saturated rings. The van der Waals surface area contributed by atoms with Gasteiger partial charge in [-0.05, 0) is 113 Å². The van der Waals surface area contributed by atoms with Crippen molar-refractivity contribution >= 4 is 91.7 Å². The van der Waals surface area contributed by atoms with Crippen LogP contribution in [0, 0.1) is 5.41 Å². The van der Waals surface area contributed by atoms with Gasteiger partial charge in [0.05, 0.1) is 0 Å². The molecule has 0 amide bonds. The molecule has 0 saturated heterocycles. The van der Waals surface area contributed by atoms with Crippen LogP contribution >= 0.6 is 47.7 Å². The fraction of sp³-hybridized carbons (Fsp3) is 0.149. The van der Waals surface area contributed by atoms with Crippen molar-refractivity contribution in [3.63, 3.8) is 0 Å². The van der Waals surface area contributed by atoms with E-state index in [1.807, 2.05) is 0 Å². The second-order valence-electron chi connectivity index (χ2n) is 14.3. The van der Waals surface area contributed by atoms with Gasteiger partial charge in [-0.25, -0.2) is 0 Å². The van der Waals surface area contributed by atoms with E-state index in [-0.39, 0.29) is 17.3 Å². The molecule has 2 atom stereocenters. The van der Waals surface area contributed by atoms with Crippen molar-refractivity contribution < 1.29 is 0 Å². The molecular weight excluding hydrogens is 786 g/mol. The van der Waals surface area contributed by atoms with Crippen molar-refractivity contribution in [1.82, 2.24) is 0 Å². The summed E-state index contributed by atoms with van der Waals surface area (Å²) in [6.07, 6.45) is 4.88. The first-order valence-corrected chi connectivity index (χ1v) is 21.8. The molecule has 0 spiro atoms. The molecule has 0 saturated carbocycles. The molecule has 252 valence electrons. The minimum atomic E-state index is -0.728. The van der Waals surface area contributed by atoms with Gasteiger partial charge in [-0.1, -0.05) is 190 Å². The Kier molecular flexibility index (Phi) is 9.67. The lowest BCUT2D eigenvalue weighted by atomic mass is 9.62. The molecular formula is C47H40Br2P2. The molecule has 2 unspecified atom stereocenters. The average molecular weight is 827 g/mol. The predicted molar refractivity (Wildman–Crippen MR) is 232 cm³/mol. The van der Waals surface area contributed by atoms with E-state index in [0.29, 0.717) is 0 Å². The highest BCUT2D eigenvalue weighted by Crippen LogP contribution is 2.59. The number of benzene rings is 6. The fourth-order valence-corrected chi connectivity index (χ4v) is 15.0. The van der Waals surface area contributed by atoms with Gasteiger partial charge >= 0.3 is 0 Å². The van der Waals surface area contributed by atoms with Gasteiger partial charge < -0.3 is 0 Å². The molecule has 0 aromatic heterocycles. The second-order valence-corrected chi connectivity index (χ2v) is 20.5. The van der Waals surface area contributed by atoms with E-state index in [0.717, 1.165) is 0 Å². The van der Waals surface area contributed by atoms with Gasteiger partial charge in [-0.3, -0.25) is 0 Å². The molecule has 2 aliphatic rings. The molecule has 4 heteroatoms. The molecule has 0 heterocycles. The zero-order chi connectivity index (χ0) is 35.3. The topological polar surface area (TPSA) is 0 Å². The van der Waals surface area contributed by atoms with Crippen LogP contribution in [0.1, 0.15) is 61.8 Å². The largest absolute Gasteiger partial charge is 0.0646 e. The molecule has 0 bridgehead atoms. The first kappa shape index (κ1) is 34.7. The van der Waals surface area contributed by atoms with Crippen LogP contribution in [0.5, 0.6) is 0 Å². The van der Waals surface area contributed by atoms with E-state index in [4.69, 9.17) is 0 Å². The van der Waals surface area contributed by atoms with Crippen LogP contribution in [-0.4, -0.2) is 0 Å². The summed E-state index contributed by atoms with van der Waals surface area (Å²) in [7, 11) is -1.46. The Morgan fingerprint density at radius 1 is 0.431 bits per heavy atom. The fourth-order valence-electron chi connectivity index (χ4n) is 8.75. The lowest BCUT2D eigenvalue weighted by Crippen LogP contribution is -2.31. The van der Waals surface area contributed by atoms with Gasteiger partial charge in [0.2, 0.25) is 0 Å². The van der Waals surface area contributed by atoms with Crippen molar-refractivity contribution in [3.05, 3.63) is 188 Å². The van der Waals surface area contributed by atoms with Crippen molar-refractivity contribution in [2.75, 3.05) is 0 Å². The Morgan fingerprint density at radius 3 is 1.02 bits per heavy atom. The lowest BCUT2D eigenvalue weighted by molar-refractivity contribution is 0.275. The van der Waals surface area contributed by atoms with Crippen molar-refractivity contribution in [3.8, 4) is 0 Å². The summed E-state index contributed by atoms with van der Waals surface area (Å²) < 4.78 is 2.37. The molecule has 6 aromatic carbocycles. The smallest absolute Gasteiger partial charge is 0.0257 e. The van der Waals surface area contributed by atoms with E-state index in [2.05, 4.69) is 217 Å². The van der Waals surface area contributed by atoms with E-state index in [1.54, 1.807) is 0 Å². The quantitative estimate of drug-likeness (QED) is 0.134. The first-order chi connectivity index (χ1) is 24.7. The Hall–Kier alpha value is -3.38. The third-order valence-electron chi connectivity index (χ3n) is 10.6. The Morgan fingerprint density at radius 2 is 0.725 bits per heavy atom. The summed E-state index contributed by atoms with van der Waals surface area (Å²) in [5, 5.41) is 8.27. The lowest BCUT2D eigenvalue weighted by Gasteiger charge is -2.41. The van der Waals surface area contributed by atoms with Gasteiger partial charge in [0, 0.05) is 20.8 Å². The zero-order valence-corrected chi connectivity index (χ0v) is 34.3. The average Bonchev–Trinajstić information content (AvgIpc) is 3.67. The van der Waals surface area contributed by atoms with Crippen LogP contribution in [0.4, 0.5) is 0 Å². The highest BCUT2D eigenvalue weighted by molar-refractivity contribution is 9.10. The molecule has 8 rings (SSSR count). The molecule has 0 radical (unpaired) electrons. The number of rotatable bonds is 8. The van der Waals surface area contributed by atoms with Crippen LogP contribution < -0.4 is 31.8 Å². The molecule has 51 heavy (non-hydrogen) atoms. The summed E-state index contributed by atoms with van der Waals surface area (Å²) in [4.78, 5) is 0. The minimum absolute atomic E-state index is 0.0989. The maximum atomic E-state index is 4.08. The third-order valence-corrected chi connectivity index (χ3v) is 16.8. The van der Waals surface area contributed by atoms with Crippen LogP contribution in [0.15, 0.2) is 166 Å². The molecule has 0 aliphatic heterocycles. The van der Waals surface area contributed by atoms with Gasteiger partial charge in [-0.2, -0.15) is 0 Å². The summed E-state index contributed by atoms with van der Waals surface area (Å²) >= 11 is 8.17.